The Labute approximate surface area is 92.0 Å². The smallest absolute Gasteiger partial charge is 0.234 e. The van der Waals surface area contributed by atoms with Gasteiger partial charge < -0.3 is 16.4 Å². The molecular weight excluding hydrogens is 190 g/mol. The van der Waals surface area contributed by atoms with Crippen molar-refractivity contribution < 1.29 is 4.79 Å². The van der Waals surface area contributed by atoms with E-state index in [1.165, 1.54) is 12.8 Å². The van der Waals surface area contributed by atoms with Gasteiger partial charge in [-0.1, -0.05) is 13.8 Å². The minimum Gasteiger partial charge on any atom is -0.368 e. The fourth-order valence-corrected chi connectivity index (χ4v) is 1.78. The maximum Gasteiger partial charge on any atom is 0.234 e. The number of nitrogens with zero attached hydrogens (tertiary/aromatic N) is 1. The number of primary amides is 1. The molecular formula is C11H23N3O. The van der Waals surface area contributed by atoms with E-state index in [0.29, 0.717) is 12.3 Å². The van der Waals surface area contributed by atoms with Gasteiger partial charge in [-0.25, -0.2) is 0 Å². The molecule has 0 bridgehead atoms. The van der Waals surface area contributed by atoms with E-state index in [1.807, 2.05) is 0 Å². The van der Waals surface area contributed by atoms with E-state index in [-0.39, 0.29) is 0 Å². The number of carbonyl (C=O) groups is 1. The fourth-order valence-electron chi connectivity index (χ4n) is 1.78. The topological polar surface area (TPSA) is 72.3 Å². The van der Waals surface area contributed by atoms with Crippen molar-refractivity contribution in [3.63, 3.8) is 0 Å². The van der Waals surface area contributed by atoms with Gasteiger partial charge in [0.05, 0.1) is 6.04 Å². The molecule has 15 heavy (non-hydrogen) atoms. The van der Waals surface area contributed by atoms with Crippen molar-refractivity contribution in [3.8, 4) is 0 Å². The molecule has 88 valence electrons. The number of carbonyl (C=O) groups excluding carboxylic acids is 1. The van der Waals surface area contributed by atoms with E-state index < -0.39 is 11.9 Å². The Kier molecular flexibility index (Phi) is 4.54. The van der Waals surface area contributed by atoms with Crippen LogP contribution < -0.4 is 11.5 Å². The maximum absolute atomic E-state index is 10.8. The van der Waals surface area contributed by atoms with Gasteiger partial charge in [0, 0.05) is 19.1 Å². The summed E-state index contributed by atoms with van der Waals surface area (Å²) in [6.45, 7) is 6.41. The SMILES string of the molecule is CC(C)CN(CCC(N)C(N)=O)C1CC1. The summed E-state index contributed by atoms with van der Waals surface area (Å²) < 4.78 is 0. The van der Waals surface area contributed by atoms with Crippen LogP contribution in [0.25, 0.3) is 0 Å². The first kappa shape index (κ1) is 12.5. The first-order chi connectivity index (χ1) is 7.00. The Balaban J connectivity index is 2.28. The highest BCUT2D eigenvalue weighted by Crippen LogP contribution is 2.27. The highest BCUT2D eigenvalue weighted by atomic mass is 16.1. The second-order valence-electron chi connectivity index (χ2n) is 4.92. The van der Waals surface area contributed by atoms with Gasteiger partial charge in [0.25, 0.3) is 0 Å². The molecule has 1 rings (SSSR count). The molecule has 0 heterocycles. The highest BCUT2D eigenvalue weighted by Gasteiger charge is 2.29. The summed E-state index contributed by atoms with van der Waals surface area (Å²) in [7, 11) is 0. The average molecular weight is 213 g/mol. The zero-order valence-electron chi connectivity index (χ0n) is 9.78. The van der Waals surface area contributed by atoms with Gasteiger partial charge in [-0.2, -0.15) is 0 Å². The van der Waals surface area contributed by atoms with E-state index in [2.05, 4.69) is 18.7 Å². The molecule has 1 atom stereocenters. The van der Waals surface area contributed by atoms with Crippen LogP contribution in [-0.2, 0) is 4.79 Å². The van der Waals surface area contributed by atoms with E-state index in [1.54, 1.807) is 0 Å². The molecule has 1 amide bonds. The highest BCUT2D eigenvalue weighted by molar-refractivity contribution is 5.79. The van der Waals surface area contributed by atoms with E-state index in [9.17, 15) is 4.79 Å². The Hall–Kier alpha value is -0.610. The van der Waals surface area contributed by atoms with Crippen LogP contribution in [0.15, 0.2) is 0 Å². The minimum atomic E-state index is -0.488. The number of amides is 1. The van der Waals surface area contributed by atoms with Gasteiger partial charge >= 0.3 is 0 Å². The molecule has 0 aliphatic heterocycles. The zero-order valence-corrected chi connectivity index (χ0v) is 9.78. The van der Waals surface area contributed by atoms with Gasteiger partial charge in [-0.3, -0.25) is 4.79 Å². The summed E-state index contributed by atoms with van der Waals surface area (Å²) in [5, 5.41) is 0. The fraction of sp³-hybridized carbons (Fsp3) is 0.909. The van der Waals surface area contributed by atoms with Crippen LogP contribution in [0, 0.1) is 5.92 Å². The zero-order chi connectivity index (χ0) is 11.4. The third-order valence-electron chi connectivity index (χ3n) is 2.76. The minimum absolute atomic E-state index is 0.393. The molecule has 1 unspecified atom stereocenters. The molecule has 0 radical (unpaired) electrons. The van der Waals surface area contributed by atoms with Gasteiger partial charge in [-0.15, -0.1) is 0 Å². The number of hydrogen-bond acceptors (Lipinski definition) is 3. The van der Waals surface area contributed by atoms with Crippen LogP contribution in [0.3, 0.4) is 0 Å². The lowest BCUT2D eigenvalue weighted by Crippen LogP contribution is -2.41. The average Bonchev–Trinajstić information content (AvgIpc) is 2.93. The molecule has 0 aromatic carbocycles. The van der Waals surface area contributed by atoms with Crippen molar-refractivity contribution in [3.05, 3.63) is 0 Å². The van der Waals surface area contributed by atoms with Gasteiger partial charge in [0.1, 0.15) is 0 Å². The van der Waals surface area contributed by atoms with Crippen LogP contribution in [0.1, 0.15) is 33.1 Å². The quantitative estimate of drug-likeness (QED) is 0.639. The molecule has 0 aromatic rings. The lowest BCUT2D eigenvalue weighted by atomic mass is 10.1. The third kappa shape index (κ3) is 4.62. The second kappa shape index (κ2) is 5.47. The predicted octanol–water partition coefficient (Wildman–Crippen LogP) is 0.310. The van der Waals surface area contributed by atoms with Gasteiger partial charge in [0.2, 0.25) is 5.91 Å². The van der Waals surface area contributed by atoms with Crippen LogP contribution in [0.4, 0.5) is 0 Å². The van der Waals surface area contributed by atoms with Gasteiger partial charge in [-0.05, 0) is 25.2 Å². The lowest BCUT2D eigenvalue weighted by molar-refractivity contribution is -0.119. The maximum atomic E-state index is 10.8. The number of nitrogens with two attached hydrogens (primary N) is 2. The van der Waals surface area contributed by atoms with Crippen LogP contribution in [0.5, 0.6) is 0 Å². The van der Waals surface area contributed by atoms with E-state index in [0.717, 1.165) is 19.1 Å². The Bertz CT molecular complexity index is 214. The van der Waals surface area contributed by atoms with Crippen LogP contribution in [0.2, 0.25) is 0 Å². The Morgan fingerprint density at radius 2 is 2.07 bits per heavy atom. The van der Waals surface area contributed by atoms with E-state index >= 15 is 0 Å². The molecule has 0 saturated heterocycles. The molecule has 1 saturated carbocycles. The van der Waals surface area contributed by atoms with Crippen molar-refractivity contribution in [2.45, 2.75) is 45.2 Å². The summed E-state index contributed by atoms with van der Waals surface area (Å²) in [5.41, 5.74) is 10.7. The molecule has 4 heteroatoms. The molecule has 4 N–H and O–H groups in total. The summed E-state index contributed by atoms with van der Waals surface area (Å²) in [5.74, 6) is 0.269. The molecule has 1 aliphatic carbocycles. The van der Waals surface area contributed by atoms with Crippen LogP contribution >= 0.6 is 0 Å². The molecule has 0 aromatic heterocycles. The monoisotopic (exact) mass is 213 g/mol. The first-order valence-electron chi connectivity index (χ1n) is 5.79. The van der Waals surface area contributed by atoms with Crippen molar-refractivity contribution in [2.75, 3.05) is 13.1 Å². The normalized spacial score (nSPS) is 18.5. The van der Waals surface area contributed by atoms with Crippen molar-refractivity contribution in [2.24, 2.45) is 17.4 Å². The van der Waals surface area contributed by atoms with Gasteiger partial charge in [0.15, 0.2) is 0 Å². The second-order valence-corrected chi connectivity index (χ2v) is 4.92. The molecule has 1 fully saturated rings. The molecule has 0 spiro atoms. The number of rotatable bonds is 7. The lowest BCUT2D eigenvalue weighted by Gasteiger charge is -2.24. The first-order valence-corrected chi connectivity index (χ1v) is 5.79. The summed E-state index contributed by atoms with van der Waals surface area (Å²) in [4.78, 5) is 13.2. The Morgan fingerprint density at radius 3 is 2.47 bits per heavy atom. The molecule has 4 nitrogen and oxygen atoms in total. The van der Waals surface area contributed by atoms with Crippen molar-refractivity contribution in [1.29, 1.82) is 0 Å². The third-order valence-corrected chi connectivity index (χ3v) is 2.76. The standard InChI is InChI=1S/C11H23N3O/c1-8(2)7-14(9-3-4-9)6-5-10(12)11(13)15/h8-10H,3-7,12H2,1-2H3,(H2,13,15). The predicted molar refractivity (Wildman–Crippen MR) is 61.2 cm³/mol. The van der Waals surface area contributed by atoms with Crippen molar-refractivity contribution in [1.82, 2.24) is 4.90 Å². The largest absolute Gasteiger partial charge is 0.368 e. The summed E-state index contributed by atoms with van der Waals surface area (Å²) in [6.07, 6.45) is 3.26. The number of hydrogen-bond donors (Lipinski definition) is 2. The Morgan fingerprint density at radius 1 is 1.47 bits per heavy atom. The van der Waals surface area contributed by atoms with Crippen molar-refractivity contribution >= 4 is 5.91 Å². The summed E-state index contributed by atoms with van der Waals surface area (Å²) >= 11 is 0. The van der Waals surface area contributed by atoms with E-state index in [4.69, 9.17) is 11.5 Å². The van der Waals surface area contributed by atoms with Crippen LogP contribution in [-0.4, -0.2) is 36.0 Å². The molecule has 1 aliphatic rings. The summed E-state index contributed by atoms with van der Waals surface area (Å²) in [6, 6.07) is 0.242.